The molecule has 0 atom stereocenters. The monoisotopic (exact) mass is 436 g/mol. The van der Waals surface area contributed by atoms with Crippen LogP contribution in [0.15, 0.2) is 55.1 Å². The van der Waals surface area contributed by atoms with Crippen molar-refractivity contribution < 1.29 is 9.13 Å². The molecule has 2 aliphatic rings. The highest BCUT2D eigenvalue weighted by Gasteiger charge is 2.22. The van der Waals surface area contributed by atoms with Crippen LogP contribution < -0.4 is 20.3 Å². The third kappa shape index (κ3) is 5.26. The zero-order valence-electron chi connectivity index (χ0n) is 18.2. The average Bonchev–Trinajstić information content (AvgIpc) is 2.82. The number of nitrogens with zero attached hydrogens (tertiary/aromatic N) is 4. The van der Waals surface area contributed by atoms with Gasteiger partial charge >= 0.3 is 0 Å². The number of hydrogen-bond donors (Lipinski definition) is 2. The summed E-state index contributed by atoms with van der Waals surface area (Å²) in [6, 6.07) is 6.92. The molecule has 2 aromatic rings. The van der Waals surface area contributed by atoms with E-state index in [9.17, 15) is 4.39 Å². The van der Waals surface area contributed by atoms with Crippen LogP contribution in [0.1, 0.15) is 5.56 Å². The highest BCUT2D eigenvalue weighted by Crippen LogP contribution is 2.29. The molecule has 0 bridgehead atoms. The number of aromatic nitrogens is 2. The highest BCUT2D eigenvalue weighted by molar-refractivity contribution is 5.63. The Morgan fingerprint density at radius 3 is 2.62 bits per heavy atom. The van der Waals surface area contributed by atoms with Crippen molar-refractivity contribution in [2.75, 3.05) is 68.0 Å². The van der Waals surface area contributed by atoms with Gasteiger partial charge in [0.25, 0.3) is 0 Å². The maximum absolute atomic E-state index is 14.1. The molecular formula is C24H29FN6O. The van der Waals surface area contributed by atoms with Crippen molar-refractivity contribution in [3.05, 3.63) is 66.5 Å². The Bertz CT molecular complexity index is 970. The van der Waals surface area contributed by atoms with E-state index >= 15 is 0 Å². The lowest BCUT2D eigenvalue weighted by Gasteiger charge is -2.36. The van der Waals surface area contributed by atoms with Crippen LogP contribution >= 0.6 is 0 Å². The molecular weight excluding hydrogens is 407 g/mol. The molecule has 1 aromatic heterocycles. The SMILES string of the molecule is C=CCNc1cc(N2CCN(CC3=Cc4c(F)cccc4OC3)CC2)nc(NCC=C)n1. The molecule has 168 valence electrons. The lowest BCUT2D eigenvalue weighted by Crippen LogP contribution is -2.47. The third-order valence-corrected chi connectivity index (χ3v) is 5.44. The maximum atomic E-state index is 14.1. The summed E-state index contributed by atoms with van der Waals surface area (Å²) >= 11 is 0. The number of rotatable bonds is 9. The van der Waals surface area contributed by atoms with E-state index in [1.54, 1.807) is 18.2 Å². The van der Waals surface area contributed by atoms with Crippen LogP contribution in [0.3, 0.4) is 0 Å². The number of benzene rings is 1. The van der Waals surface area contributed by atoms with E-state index in [4.69, 9.17) is 4.74 Å². The second-order valence-electron chi connectivity index (χ2n) is 7.78. The minimum atomic E-state index is -0.241. The van der Waals surface area contributed by atoms with Crippen LogP contribution in [0, 0.1) is 5.82 Å². The Morgan fingerprint density at radius 1 is 1.06 bits per heavy atom. The molecule has 2 aliphatic heterocycles. The third-order valence-electron chi connectivity index (χ3n) is 5.44. The minimum absolute atomic E-state index is 0.241. The van der Waals surface area contributed by atoms with Crippen LogP contribution in [-0.2, 0) is 0 Å². The van der Waals surface area contributed by atoms with Crippen LogP contribution in [0.4, 0.5) is 22.0 Å². The van der Waals surface area contributed by atoms with E-state index in [1.807, 2.05) is 18.2 Å². The van der Waals surface area contributed by atoms with E-state index in [2.05, 4.69) is 43.6 Å². The van der Waals surface area contributed by atoms with Gasteiger partial charge in [0.2, 0.25) is 5.95 Å². The molecule has 0 saturated carbocycles. The van der Waals surface area contributed by atoms with Gasteiger partial charge in [0.15, 0.2) is 0 Å². The molecule has 2 N–H and O–H groups in total. The van der Waals surface area contributed by atoms with Crippen molar-refractivity contribution in [1.29, 1.82) is 0 Å². The summed E-state index contributed by atoms with van der Waals surface area (Å²) in [6.07, 6.45) is 5.50. The van der Waals surface area contributed by atoms with Gasteiger partial charge < -0.3 is 20.3 Å². The van der Waals surface area contributed by atoms with Gasteiger partial charge in [-0.1, -0.05) is 18.2 Å². The highest BCUT2D eigenvalue weighted by atomic mass is 19.1. The van der Waals surface area contributed by atoms with E-state index in [0.717, 1.165) is 49.9 Å². The summed E-state index contributed by atoms with van der Waals surface area (Å²) < 4.78 is 19.9. The molecule has 0 amide bonds. The Kier molecular flexibility index (Phi) is 7.01. The van der Waals surface area contributed by atoms with Crippen molar-refractivity contribution in [2.24, 2.45) is 0 Å². The van der Waals surface area contributed by atoms with Crippen molar-refractivity contribution in [2.45, 2.75) is 0 Å². The van der Waals surface area contributed by atoms with Crippen molar-refractivity contribution in [3.63, 3.8) is 0 Å². The molecule has 0 unspecified atom stereocenters. The zero-order valence-corrected chi connectivity index (χ0v) is 18.2. The molecule has 1 saturated heterocycles. The lowest BCUT2D eigenvalue weighted by molar-refractivity contribution is 0.259. The van der Waals surface area contributed by atoms with Gasteiger partial charge in [-0.2, -0.15) is 9.97 Å². The van der Waals surface area contributed by atoms with Gasteiger partial charge in [-0.3, -0.25) is 4.90 Å². The first-order valence-electron chi connectivity index (χ1n) is 10.8. The summed E-state index contributed by atoms with van der Waals surface area (Å²) in [7, 11) is 0. The molecule has 3 heterocycles. The molecule has 0 spiro atoms. The largest absolute Gasteiger partial charge is 0.488 e. The number of fused-ring (bicyclic) bond motifs is 1. The predicted octanol–water partition coefficient (Wildman–Crippen LogP) is 3.41. The number of anilines is 3. The van der Waals surface area contributed by atoms with Gasteiger partial charge in [-0.05, 0) is 23.8 Å². The summed E-state index contributed by atoms with van der Waals surface area (Å²) in [5.74, 6) is 2.59. The summed E-state index contributed by atoms with van der Waals surface area (Å²) in [4.78, 5) is 13.8. The molecule has 1 aromatic carbocycles. The molecule has 1 fully saturated rings. The van der Waals surface area contributed by atoms with Crippen LogP contribution in [0.5, 0.6) is 5.75 Å². The van der Waals surface area contributed by atoms with Crippen molar-refractivity contribution in [3.8, 4) is 5.75 Å². The lowest BCUT2D eigenvalue weighted by atomic mass is 10.1. The maximum Gasteiger partial charge on any atom is 0.226 e. The number of ether oxygens (including phenoxy) is 1. The fourth-order valence-corrected chi connectivity index (χ4v) is 3.82. The quantitative estimate of drug-likeness (QED) is 0.584. The first-order chi connectivity index (χ1) is 15.7. The van der Waals surface area contributed by atoms with Gasteiger partial charge in [0.05, 0.1) is 5.56 Å². The van der Waals surface area contributed by atoms with Crippen LogP contribution in [0.25, 0.3) is 6.08 Å². The summed E-state index contributed by atoms with van der Waals surface area (Å²) in [5.41, 5.74) is 1.64. The standard InChI is InChI=1S/C24H29FN6O/c1-3-8-26-22-15-23(29-24(28-22)27-9-4-2)31-12-10-30(11-13-31)16-18-14-19-20(25)6-5-7-21(19)32-17-18/h3-7,14-15H,1-2,8-13,16-17H2,(H2,26,27,28,29). The Balaban J connectivity index is 1.39. The molecule has 7 nitrogen and oxygen atoms in total. The molecule has 32 heavy (non-hydrogen) atoms. The molecule has 8 heteroatoms. The van der Waals surface area contributed by atoms with E-state index in [-0.39, 0.29) is 5.82 Å². The first-order valence-corrected chi connectivity index (χ1v) is 10.8. The number of halogens is 1. The van der Waals surface area contributed by atoms with E-state index < -0.39 is 0 Å². The fourth-order valence-electron chi connectivity index (χ4n) is 3.82. The summed E-state index contributed by atoms with van der Waals surface area (Å²) in [5, 5.41) is 6.41. The molecule has 4 rings (SSSR count). The van der Waals surface area contributed by atoms with Gasteiger partial charge in [0, 0.05) is 51.9 Å². The predicted molar refractivity (Wildman–Crippen MR) is 128 cm³/mol. The van der Waals surface area contributed by atoms with Gasteiger partial charge in [0.1, 0.15) is 29.8 Å². The first kappa shape index (κ1) is 21.8. The average molecular weight is 437 g/mol. The number of piperazine rings is 1. The zero-order chi connectivity index (χ0) is 22.3. The van der Waals surface area contributed by atoms with E-state index in [1.165, 1.54) is 6.07 Å². The molecule has 0 aliphatic carbocycles. The van der Waals surface area contributed by atoms with Crippen LogP contribution in [0.2, 0.25) is 0 Å². The van der Waals surface area contributed by atoms with E-state index in [0.29, 0.717) is 37.0 Å². The van der Waals surface area contributed by atoms with Crippen molar-refractivity contribution >= 4 is 23.7 Å². The topological polar surface area (TPSA) is 65.5 Å². The fraction of sp³-hybridized carbons (Fsp3) is 0.333. The van der Waals surface area contributed by atoms with Gasteiger partial charge in [-0.15, -0.1) is 13.2 Å². The second-order valence-corrected chi connectivity index (χ2v) is 7.78. The second kappa shape index (κ2) is 10.3. The molecule has 0 radical (unpaired) electrons. The Morgan fingerprint density at radius 2 is 1.84 bits per heavy atom. The smallest absolute Gasteiger partial charge is 0.226 e. The summed E-state index contributed by atoms with van der Waals surface area (Å²) in [6.45, 7) is 13.4. The Hall–Kier alpha value is -3.39. The normalized spacial score (nSPS) is 15.9. The minimum Gasteiger partial charge on any atom is -0.488 e. The van der Waals surface area contributed by atoms with Crippen molar-refractivity contribution in [1.82, 2.24) is 14.9 Å². The van der Waals surface area contributed by atoms with Crippen LogP contribution in [-0.4, -0.2) is 67.3 Å². The van der Waals surface area contributed by atoms with Gasteiger partial charge in [-0.25, -0.2) is 4.39 Å². The number of hydrogen-bond acceptors (Lipinski definition) is 7. The number of nitrogens with one attached hydrogen (secondary N) is 2. The Labute approximate surface area is 188 Å².